The molecule has 0 fully saturated rings. The molecule has 0 bridgehead atoms. The molecule has 0 radical (unpaired) electrons. The van der Waals surface area contributed by atoms with E-state index in [0.717, 1.165) is 28.7 Å². The second-order valence-corrected chi connectivity index (χ2v) is 6.38. The minimum absolute atomic E-state index is 0.919. The Hall–Kier alpha value is -2.07. The van der Waals surface area contributed by atoms with Gasteiger partial charge in [-0.1, -0.05) is 71.9 Å². The van der Waals surface area contributed by atoms with Crippen molar-refractivity contribution in [2.45, 2.75) is 18.5 Å². The molecule has 0 amide bonds. The lowest BCUT2D eigenvalue weighted by atomic mass is 10.1. The molecule has 2 aromatic carbocycles. The molecule has 3 rings (SSSR count). The van der Waals surface area contributed by atoms with Crippen LogP contribution in [-0.4, -0.2) is 20.5 Å². The zero-order chi connectivity index (χ0) is 15.4. The largest absolute Gasteiger partial charge is 0.305 e. The van der Waals surface area contributed by atoms with Gasteiger partial charge in [0.1, 0.15) is 0 Å². The number of aromatic nitrogens is 3. The van der Waals surface area contributed by atoms with Crippen molar-refractivity contribution in [3.63, 3.8) is 0 Å². The van der Waals surface area contributed by atoms with Crippen molar-refractivity contribution < 1.29 is 0 Å². The second-order valence-electron chi connectivity index (χ2n) is 5.32. The Labute approximate surface area is 135 Å². The van der Waals surface area contributed by atoms with E-state index in [1.807, 2.05) is 13.1 Å². The molecular formula is C18H19N3S. The molecule has 3 aromatic rings. The Morgan fingerprint density at radius 2 is 1.68 bits per heavy atom. The molecule has 0 spiro atoms. The molecule has 0 aliphatic heterocycles. The third-order valence-electron chi connectivity index (χ3n) is 3.61. The predicted octanol–water partition coefficient (Wildman–Crippen LogP) is 4.13. The molecule has 1 heterocycles. The van der Waals surface area contributed by atoms with Gasteiger partial charge in [0.25, 0.3) is 0 Å². The molecule has 0 atom stereocenters. The van der Waals surface area contributed by atoms with E-state index in [4.69, 9.17) is 0 Å². The van der Waals surface area contributed by atoms with E-state index in [2.05, 4.69) is 70.2 Å². The molecule has 0 N–H and O–H groups in total. The van der Waals surface area contributed by atoms with Gasteiger partial charge < -0.3 is 4.57 Å². The molecule has 0 saturated carbocycles. The van der Waals surface area contributed by atoms with Crippen molar-refractivity contribution in [2.75, 3.05) is 5.75 Å². The first-order chi connectivity index (χ1) is 10.7. The Morgan fingerprint density at radius 3 is 2.41 bits per heavy atom. The van der Waals surface area contributed by atoms with Gasteiger partial charge in [0.05, 0.1) is 0 Å². The fourth-order valence-corrected chi connectivity index (χ4v) is 3.20. The maximum Gasteiger partial charge on any atom is 0.191 e. The summed E-state index contributed by atoms with van der Waals surface area (Å²) in [6.07, 6.45) is 1.04. The zero-order valence-corrected chi connectivity index (χ0v) is 13.7. The van der Waals surface area contributed by atoms with Crippen molar-refractivity contribution in [2.24, 2.45) is 7.05 Å². The third kappa shape index (κ3) is 3.39. The summed E-state index contributed by atoms with van der Waals surface area (Å²) in [7, 11) is 2.03. The second kappa shape index (κ2) is 6.79. The summed E-state index contributed by atoms with van der Waals surface area (Å²) in [5.74, 6) is 1.92. The van der Waals surface area contributed by atoms with Crippen LogP contribution >= 0.6 is 11.8 Å². The summed E-state index contributed by atoms with van der Waals surface area (Å²) in [6, 6.07) is 18.9. The topological polar surface area (TPSA) is 30.7 Å². The van der Waals surface area contributed by atoms with Crippen molar-refractivity contribution in [1.29, 1.82) is 0 Å². The van der Waals surface area contributed by atoms with Crippen LogP contribution in [0, 0.1) is 6.92 Å². The third-order valence-corrected chi connectivity index (χ3v) is 4.63. The summed E-state index contributed by atoms with van der Waals surface area (Å²) in [4.78, 5) is 0. The molecule has 112 valence electrons. The van der Waals surface area contributed by atoms with E-state index < -0.39 is 0 Å². The summed E-state index contributed by atoms with van der Waals surface area (Å²) in [5.41, 5.74) is 3.72. The number of benzene rings is 2. The van der Waals surface area contributed by atoms with Gasteiger partial charge in [-0.3, -0.25) is 0 Å². The van der Waals surface area contributed by atoms with E-state index in [9.17, 15) is 0 Å². The van der Waals surface area contributed by atoms with Gasteiger partial charge in [-0.05, 0) is 18.9 Å². The molecule has 0 saturated heterocycles. The molecule has 0 unspecified atom stereocenters. The lowest BCUT2D eigenvalue weighted by molar-refractivity contribution is 0.793. The maximum absolute atomic E-state index is 4.33. The number of hydrogen-bond donors (Lipinski definition) is 0. The number of nitrogens with zero attached hydrogens (tertiary/aromatic N) is 3. The van der Waals surface area contributed by atoms with Crippen molar-refractivity contribution >= 4 is 11.8 Å². The van der Waals surface area contributed by atoms with E-state index >= 15 is 0 Å². The van der Waals surface area contributed by atoms with Crippen LogP contribution in [-0.2, 0) is 13.5 Å². The summed E-state index contributed by atoms with van der Waals surface area (Å²) < 4.78 is 2.07. The molecule has 4 heteroatoms. The highest BCUT2D eigenvalue weighted by atomic mass is 32.2. The van der Waals surface area contributed by atoms with Crippen molar-refractivity contribution in [3.05, 3.63) is 65.7 Å². The van der Waals surface area contributed by atoms with Gasteiger partial charge in [-0.25, -0.2) is 0 Å². The SMILES string of the molecule is Cc1ccc(-c2nnc(SCCc3ccccc3)n2C)cc1. The van der Waals surface area contributed by atoms with Crippen LogP contribution in [0.25, 0.3) is 11.4 Å². The fourth-order valence-electron chi connectivity index (χ4n) is 2.30. The lowest BCUT2D eigenvalue weighted by Gasteiger charge is -2.04. The van der Waals surface area contributed by atoms with Crippen molar-refractivity contribution in [3.8, 4) is 11.4 Å². The first-order valence-electron chi connectivity index (χ1n) is 7.37. The minimum atomic E-state index is 0.919. The average Bonchev–Trinajstić information content (AvgIpc) is 2.90. The van der Waals surface area contributed by atoms with E-state index in [1.54, 1.807) is 11.8 Å². The molecule has 22 heavy (non-hydrogen) atoms. The summed E-state index contributed by atoms with van der Waals surface area (Å²) in [5, 5.41) is 9.62. The van der Waals surface area contributed by atoms with Gasteiger partial charge in [0.15, 0.2) is 11.0 Å². The lowest BCUT2D eigenvalue weighted by Crippen LogP contribution is -1.96. The van der Waals surface area contributed by atoms with Crippen LogP contribution in [0.3, 0.4) is 0 Å². The summed E-state index contributed by atoms with van der Waals surface area (Å²) >= 11 is 1.75. The van der Waals surface area contributed by atoms with Gasteiger partial charge in [-0.15, -0.1) is 10.2 Å². The molecule has 0 aliphatic rings. The molecule has 3 nitrogen and oxygen atoms in total. The Bertz CT molecular complexity index is 733. The Balaban J connectivity index is 1.67. The molecular weight excluding hydrogens is 290 g/mol. The van der Waals surface area contributed by atoms with Crippen LogP contribution in [0.1, 0.15) is 11.1 Å². The van der Waals surface area contributed by atoms with Crippen molar-refractivity contribution in [1.82, 2.24) is 14.8 Å². The quantitative estimate of drug-likeness (QED) is 0.664. The van der Waals surface area contributed by atoms with E-state index in [-0.39, 0.29) is 0 Å². The van der Waals surface area contributed by atoms with Gasteiger partial charge in [0.2, 0.25) is 0 Å². The van der Waals surface area contributed by atoms with Crippen LogP contribution in [0.15, 0.2) is 59.8 Å². The first-order valence-corrected chi connectivity index (χ1v) is 8.36. The Kier molecular flexibility index (Phi) is 4.59. The zero-order valence-electron chi connectivity index (χ0n) is 12.9. The first kappa shape index (κ1) is 14.9. The number of thioether (sulfide) groups is 1. The van der Waals surface area contributed by atoms with Crippen LogP contribution < -0.4 is 0 Å². The van der Waals surface area contributed by atoms with Gasteiger partial charge in [0, 0.05) is 18.4 Å². The highest BCUT2D eigenvalue weighted by Crippen LogP contribution is 2.23. The van der Waals surface area contributed by atoms with E-state index in [1.165, 1.54) is 11.1 Å². The minimum Gasteiger partial charge on any atom is -0.305 e. The van der Waals surface area contributed by atoms with E-state index in [0.29, 0.717) is 0 Å². The number of aryl methyl sites for hydroxylation is 2. The predicted molar refractivity (Wildman–Crippen MR) is 92.0 cm³/mol. The highest BCUT2D eigenvalue weighted by Gasteiger charge is 2.10. The smallest absolute Gasteiger partial charge is 0.191 e. The number of rotatable bonds is 5. The monoisotopic (exact) mass is 309 g/mol. The van der Waals surface area contributed by atoms with Crippen LogP contribution in [0.4, 0.5) is 0 Å². The molecule has 1 aromatic heterocycles. The standard InChI is InChI=1S/C18H19N3S/c1-14-8-10-16(11-9-14)17-19-20-18(21(17)2)22-13-12-15-6-4-3-5-7-15/h3-11H,12-13H2,1-2H3. The average molecular weight is 309 g/mol. The normalized spacial score (nSPS) is 10.8. The number of hydrogen-bond acceptors (Lipinski definition) is 3. The maximum atomic E-state index is 4.33. The van der Waals surface area contributed by atoms with Gasteiger partial charge in [-0.2, -0.15) is 0 Å². The van der Waals surface area contributed by atoms with Crippen LogP contribution in [0.2, 0.25) is 0 Å². The highest BCUT2D eigenvalue weighted by molar-refractivity contribution is 7.99. The summed E-state index contributed by atoms with van der Waals surface area (Å²) in [6.45, 7) is 2.09. The fraction of sp³-hybridized carbons (Fsp3) is 0.222. The van der Waals surface area contributed by atoms with Crippen LogP contribution in [0.5, 0.6) is 0 Å². The van der Waals surface area contributed by atoms with Gasteiger partial charge >= 0.3 is 0 Å². The Morgan fingerprint density at radius 1 is 0.955 bits per heavy atom. The molecule has 0 aliphatic carbocycles.